The van der Waals surface area contributed by atoms with Crippen LogP contribution in [0.5, 0.6) is 5.75 Å². The topological polar surface area (TPSA) is 77.8 Å². The van der Waals surface area contributed by atoms with Gasteiger partial charge in [0, 0.05) is 19.5 Å². The number of sulfonamides is 1. The molecule has 0 saturated carbocycles. The zero-order valence-electron chi connectivity index (χ0n) is 15.8. The van der Waals surface area contributed by atoms with Crippen LogP contribution >= 0.6 is 11.6 Å². The first-order valence-electron chi connectivity index (χ1n) is 8.58. The van der Waals surface area contributed by atoms with Crippen molar-refractivity contribution in [2.75, 3.05) is 6.54 Å². The van der Waals surface area contributed by atoms with Gasteiger partial charge in [0.25, 0.3) is 5.60 Å². The van der Waals surface area contributed by atoms with Gasteiger partial charge in [0.2, 0.25) is 10.0 Å². The molecule has 0 aromatic heterocycles. The Kier molecular flexibility index (Phi) is 7.39. The highest BCUT2D eigenvalue weighted by molar-refractivity contribution is 7.89. The maximum absolute atomic E-state index is 14.3. The Balaban J connectivity index is 2.53. The predicted octanol–water partition coefficient (Wildman–Crippen LogP) is 4.62. The van der Waals surface area contributed by atoms with Crippen molar-refractivity contribution in [2.45, 2.75) is 35.8 Å². The van der Waals surface area contributed by atoms with E-state index in [-0.39, 0.29) is 15.6 Å². The average Bonchev–Trinajstić information content (AvgIpc) is 2.65. The lowest BCUT2D eigenvalue weighted by Gasteiger charge is -2.34. The van der Waals surface area contributed by atoms with Crippen molar-refractivity contribution in [1.82, 2.24) is 4.31 Å². The van der Waals surface area contributed by atoms with Gasteiger partial charge in [-0.2, -0.15) is 30.6 Å². The Morgan fingerprint density at radius 1 is 0.969 bits per heavy atom. The van der Waals surface area contributed by atoms with E-state index >= 15 is 0 Å². The summed E-state index contributed by atoms with van der Waals surface area (Å²) in [6.07, 6.45) is -14.5. The number of rotatable bonds is 7. The Morgan fingerprint density at radius 3 is 2.06 bits per heavy atom. The maximum Gasteiger partial charge on any atom is 0.426 e. The number of aliphatic hydroxyl groups is 1. The largest absolute Gasteiger partial charge is 0.508 e. The second-order valence-electron chi connectivity index (χ2n) is 6.67. The molecule has 0 saturated heterocycles. The summed E-state index contributed by atoms with van der Waals surface area (Å²) in [7, 11) is -5.03. The molecular weight excluding hydrogens is 495 g/mol. The van der Waals surface area contributed by atoms with E-state index in [1.165, 1.54) is 18.2 Å². The molecule has 178 valence electrons. The van der Waals surface area contributed by atoms with Crippen LogP contribution < -0.4 is 0 Å². The Morgan fingerprint density at radius 2 is 1.53 bits per heavy atom. The van der Waals surface area contributed by atoms with E-state index in [1.807, 2.05) is 0 Å². The fraction of sp³-hybridized carbons (Fsp3) is 0.333. The zero-order chi connectivity index (χ0) is 24.5. The molecule has 32 heavy (non-hydrogen) atoms. The normalized spacial score (nSPS) is 13.6. The molecule has 0 atom stereocenters. The van der Waals surface area contributed by atoms with Crippen LogP contribution in [-0.4, -0.2) is 47.4 Å². The highest BCUT2D eigenvalue weighted by atomic mass is 35.5. The minimum atomic E-state index is -6.17. The molecule has 0 unspecified atom stereocenters. The fourth-order valence-corrected chi connectivity index (χ4v) is 4.44. The maximum atomic E-state index is 14.3. The number of halogens is 8. The summed E-state index contributed by atoms with van der Waals surface area (Å²) in [5.74, 6) is -1.83. The van der Waals surface area contributed by atoms with Gasteiger partial charge in [-0.3, -0.25) is 0 Å². The zero-order valence-corrected chi connectivity index (χ0v) is 17.3. The van der Waals surface area contributed by atoms with Crippen molar-refractivity contribution in [3.8, 4) is 5.75 Å². The van der Waals surface area contributed by atoms with Gasteiger partial charge >= 0.3 is 12.4 Å². The number of phenols is 1. The summed E-state index contributed by atoms with van der Waals surface area (Å²) in [6.45, 7) is -2.34. The van der Waals surface area contributed by atoms with Gasteiger partial charge in [0.15, 0.2) is 5.82 Å². The van der Waals surface area contributed by atoms with Crippen molar-refractivity contribution in [3.63, 3.8) is 0 Å². The molecule has 5 nitrogen and oxygen atoms in total. The van der Waals surface area contributed by atoms with Crippen LogP contribution in [0.15, 0.2) is 47.4 Å². The number of aromatic hydroxyl groups is 1. The van der Waals surface area contributed by atoms with Gasteiger partial charge in [0.05, 0.1) is 5.02 Å². The minimum absolute atomic E-state index is 0.0291. The first kappa shape index (κ1) is 26.2. The molecule has 14 heteroatoms. The van der Waals surface area contributed by atoms with Crippen molar-refractivity contribution in [3.05, 3.63) is 58.9 Å². The van der Waals surface area contributed by atoms with E-state index in [2.05, 4.69) is 0 Å². The summed E-state index contributed by atoms with van der Waals surface area (Å²) >= 11 is 5.55. The monoisotopic (exact) mass is 509 g/mol. The van der Waals surface area contributed by atoms with Crippen LogP contribution in [0.3, 0.4) is 0 Å². The third kappa shape index (κ3) is 5.27. The molecule has 0 bridgehead atoms. The van der Waals surface area contributed by atoms with E-state index in [4.69, 9.17) is 11.6 Å². The second kappa shape index (κ2) is 9.04. The molecular formula is C18H15ClF7NO4S. The summed E-state index contributed by atoms with van der Waals surface area (Å²) in [5.41, 5.74) is -5.25. The Labute approximate surface area is 182 Å². The third-order valence-electron chi connectivity index (χ3n) is 4.46. The summed E-state index contributed by atoms with van der Waals surface area (Å²) in [6, 6.07) is 7.41. The highest BCUT2D eigenvalue weighted by Gasteiger charge is 2.70. The average molecular weight is 510 g/mol. The summed E-state index contributed by atoms with van der Waals surface area (Å²) < 4.78 is 118. The molecule has 0 fully saturated rings. The van der Waals surface area contributed by atoms with Crippen LogP contribution in [0, 0.1) is 5.82 Å². The molecule has 2 aromatic carbocycles. The number of phenolic OH excluding ortho intramolecular Hbond substituents is 1. The van der Waals surface area contributed by atoms with E-state index in [0.29, 0.717) is 0 Å². The van der Waals surface area contributed by atoms with Crippen molar-refractivity contribution >= 4 is 21.6 Å². The molecule has 0 amide bonds. The van der Waals surface area contributed by atoms with Gasteiger partial charge in [-0.1, -0.05) is 29.8 Å². The number of hydrogen-bond donors (Lipinski definition) is 2. The highest BCUT2D eigenvalue weighted by Crippen LogP contribution is 2.45. The summed E-state index contributed by atoms with van der Waals surface area (Å²) in [5, 5.41) is 18.2. The minimum Gasteiger partial charge on any atom is -0.508 e. The van der Waals surface area contributed by atoms with Gasteiger partial charge in [-0.05, 0) is 29.8 Å². The molecule has 2 rings (SSSR count). The number of alkyl halides is 6. The van der Waals surface area contributed by atoms with Gasteiger partial charge < -0.3 is 10.2 Å². The first-order chi connectivity index (χ1) is 14.5. The Bertz CT molecular complexity index is 1060. The SMILES string of the molecule is O=S(=O)(c1cccc(Cl)c1F)N(CCC(O)(C(F)(F)F)C(F)(F)F)Cc1cccc(O)c1. The van der Waals surface area contributed by atoms with Crippen molar-refractivity contribution in [1.29, 1.82) is 0 Å². The van der Waals surface area contributed by atoms with Crippen LogP contribution in [0.2, 0.25) is 5.02 Å². The summed E-state index contributed by atoms with van der Waals surface area (Å²) in [4.78, 5) is -1.09. The lowest BCUT2D eigenvalue weighted by Crippen LogP contribution is -2.58. The van der Waals surface area contributed by atoms with E-state index in [0.717, 1.165) is 24.3 Å². The van der Waals surface area contributed by atoms with Crippen LogP contribution in [-0.2, 0) is 16.6 Å². The fourth-order valence-electron chi connectivity index (χ4n) is 2.70. The third-order valence-corrected chi connectivity index (χ3v) is 6.62. The van der Waals surface area contributed by atoms with Gasteiger partial charge in [0.1, 0.15) is 10.6 Å². The number of nitrogens with zero attached hydrogens (tertiary/aromatic N) is 1. The van der Waals surface area contributed by atoms with Crippen LogP contribution in [0.25, 0.3) is 0 Å². The molecule has 0 radical (unpaired) electrons. The lowest BCUT2D eigenvalue weighted by atomic mass is 9.98. The van der Waals surface area contributed by atoms with E-state index in [1.54, 1.807) is 0 Å². The lowest BCUT2D eigenvalue weighted by molar-refractivity contribution is -0.369. The van der Waals surface area contributed by atoms with Crippen molar-refractivity contribution in [2.24, 2.45) is 0 Å². The molecule has 2 N–H and O–H groups in total. The molecule has 0 heterocycles. The first-order valence-corrected chi connectivity index (χ1v) is 10.4. The molecule has 0 spiro atoms. The van der Waals surface area contributed by atoms with E-state index < -0.39 is 63.2 Å². The molecule has 0 aliphatic carbocycles. The molecule has 2 aromatic rings. The number of hydrogen-bond acceptors (Lipinski definition) is 4. The Hall–Kier alpha value is -2.09. The smallest absolute Gasteiger partial charge is 0.426 e. The van der Waals surface area contributed by atoms with E-state index in [9.17, 15) is 49.4 Å². The van der Waals surface area contributed by atoms with Crippen LogP contribution in [0.1, 0.15) is 12.0 Å². The van der Waals surface area contributed by atoms with Crippen molar-refractivity contribution < 1.29 is 49.4 Å². The van der Waals surface area contributed by atoms with Gasteiger partial charge in [-0.15, -0.1) is 0 Å². The predicted molar refractivity (Wildman–Crippen MR) is 98.8 cm³/mol. The molecule has 0 aliphatic rings. The molecule has 0 aliphatic heterocycles. The number of benzene rings is 2. The van der Waals surface area contributed by atoms with Gasteiger partial charge in [-0.25, -0.2) is 12.8 Å². The quantitative estimate of drug-likeness (QED) is 0.534. The standard InChI is InChI=1S/C18H15ClF7NO4S/c19-13-5-2-6-14(15(13)20)32(30,31)27(10-11-3-1-4-12(28)9-11)8-7-16(29,17(21,22)23)18(24,25)26/h1-6,9,28-29H,7-8,10H2. The van der Waals surface area contributed by atoms with Crippen LogP contribution in [0.4, 0.5) is 30.7 Å². The second-order valence-corrected chi connectivity index (χ2v) is 8.98.